The van der Waals surface area contributed by atoms with Gasteiger partial charge in [0.25, 0.3) is 0 Å². The minimum Gasteiger partial charge on any atom is -0.370 e. The van der Waals surface area contributed by atoms with E-state index in [1.165, 1.54) is 30.4 Å². The third-order valence-corrected chi connectivity index (χ3v) is 4.25. The van der Waals surface area contributed by atoms with Crippen molar-refractivity contribution in [2.45, 2.75) is 39.5 Å². The molecule has 0 aromatic heterocycles. The lowest BCUT2D eigenvalue weighted by molar-refractivity contribution is 0.313. The van der Waals surface area contributed by atoms with Crippen LogP contribution in [-0.4, -0.2) is 37.0 Å². The first kappa shape index (κ1) is 19.2. The Bertz CT molecular complexity index is 484. The molecule has 2 rings (SSSR count). The van der Waals surface area contributed by atoms with Gasteiger partial charge in [-0.2, -0.15) is 0 Å². The molecule has 0 unspecified atom stereocenters. The highest BCUT2D eigenvalue weighted by Gasteiger charge is 2.13. The van der Waals surface area contributed by atoms with Crippen molar-refractivity contribution in [1.29, 1.82) is 0 Å². The van der Waals surface area contributed by atoms with E-state index in [1.807, 2.05) is 0 Å². The van der Waals surface area contributed by atoms with Gasteiger partial charge in [-0.1, -0.05) is 26.0 Å². The average Bonchev–Trinajstić information content (AvgIpc) is 2.52. The molecule has 1 aromatic carbocycles. The van der Waals surface area contributed by atoms with Crippen LogP contribution in [-0.2, 0) is 12.8 Å². The summed E-state index contributed by atoms with van der Waals surface area (Å²) in [5.74, 6) is 0.529. The van der Waals surface area contributed by atoms with E-state index in [1.54, 1.807) is 0 Å². The lowest BCUT2D eigenvalue weighted by atomic mass is 9.90. The first-order valence-electron chi connectivity index (χ1n) is 8.14. The Hall–Kier alpha value is -0.820. The van der Waals surface area contributed by atoms with E-state index in [0.29, 0.717) is 5.96 Å². The molecule has 22 heavy (non-hydrogen) atoms. The van der Waals surface area contributed by atoms with Crippen molar-refractivity contribution < 1.29 is 0 Å². The largest absolute Gasteiger partial charge is 0.370 e. The highest BCUT2D eigenvalue weighted by molar-refractivity contribution is 14.0. The van der Waals surface area contributed by atoms with Gasteiger partial charge in [0.05, 0.1) is 6.54 Å². The van der Waals surface area contributed by atoms with Gasteiger partial charge in [0.1, 0.15) is 0 Å². The van der Waals surface area contributed by atoms with Crippen LogP contribution >= 0.6 is 24.0 Å². The fourth-order valence-corrected chi connectivity index (χ4v) is 2.93. The number of rotatable bonds is 6. The second-order valence-electron chi connectivity index (χ2n) is 5.57. The fraction of sp³-hybridized carbons (Fsp3) is 0.588. The zero-order valence-corrected chi connectivity index (χ0v) is 16.1. The van der Waals surface area contributed by atoms with Gasteiger partial charge in [0, 0.05) is 12.2 Å². The summed E-state index contributed by atoms with van der Waals surface area (Å²) in [7, 11) is 0. The number of hydrogen-bond acceptors (Lipinski definition) is 2. The van der Waals surface area contributed by atoms with Gasteiger partial charge in [-0.15, -0.1) is 24.0 Å². The van der Waals surface area contributed by atoms with E-state index in [2.05, 4.69) is 47.3 Å². The monoisotopic (exact) mass is 416 g/mol. The topological polar surface area (TPSA) is 53.6 Å². The SMILES string of the molecule is CCN(CC)CCN=C(N)Nc1cccc2c1CCCC2.I. The lowest BCUT2D eigenvalue weighted by Crippen LogP contribution is -2.28. The molecule has 0 saturated heterocycles. The number of halogens is 1. The number of nitrogens with zero attached hydrogens (tertiary/aromatic N) is 2. The van der Waals surface area contributed by atoms with Crippen molar-refractivity contribution in [2.75, 3.05) is 31.5 Å². The maximum absolute atomic E-state index is 6.03. The van der Waals surface area contributed by atoms with Crippen molar-refractivity contribution in [2.24, 2.45) is 10.7 Å². The Morgan fingerprint density at radius 2 is 1.95 bits per heavy atom. The molecule has 4 nitrogen and oxygen atoms in total. The molecule has 0 spiro atoms. The summed E-state index contributed by atoms with van der Waals surface area (Å²) in [5.41, 5.74) is 10.0. The Kier molecular flexibility index (Phi) is 8.78. The maximum atomic E-state index is 6.03. The van der Waals surface area contributed by atoms with E-state index in [-0.39, 0.29) is 24.0 Å². The number of fused-ring (bicyclic) bond motifs is 1. The van der Waals surface area contributed by atoms with Crippen LogP contribution in [0.3, 0.4) is 0 Å². The first-order chi connectivity index (χ1) is 10.2. The third-order valence-electron chi connectivity index (χ3n) is 4.25. The zero-order chi connectivity index (χ0) is 15.1. The van der Waals surface area contributed by atoms with Crippen LogP contribution in [0.5, 0.6) is 0 Å². The van der Waals surface area contributed by atoms with Crippen molar-refractivity contribution in [3.63, 3.8) is 0 Å². The molecule has 5 heteroatoms. The molecule has 1 aromatic rings. The number of aliphatic imine (C=N–C) groups is 1. The normalized spacial score (nSPS) is 14.4. The molecule has 0 radical (unpaired) electrons. The van der Waals surface area contributed by atoms with Crippen LogP contribution in [0.15, 0.2) is 23.2 Å². The van der Waals surface area contributed by atoms with Gasteiger partial charge >= 0.3 is 0 Å². The molecule has 1 aliphatic carbocycles. The number of anilines is 1. The average molecular weight is 416 g/mol. The highest BCUT2D eigenvalue weighted by Crippen LogP contribution is 2.27. The van der Waals surface area contributed by atoms with Gasteiger partial charge < -0.3 is 16.0 Å². The summed E-state index contributed by atoms with van der Waals surface area (Å²) >= 11 is 0. The van der Waals surface area contributed by atoms with Crippen LogP contribution in [0.4, 0.5) is 5.69 Å². The second kappa shape index (κ2) is 10.0. The Morgan fingerprint density at radius 1 is 1.23 bits per heavy atom. The van der Waals surface area contributed by atoms with Gasteiger partial charge in [0.15, 0.2) is 5.96 Å². The molecule has 0 aliphatic heterocycles. The molecular formula is C17H29IN4. The maximum Gasteiger partial charge on any atom is 0.193 e. The third kappa shape index (κ3) is 5.43. The van der Waals surface area contributed by atoms with Crippen LogP contribution in [0.1, 0.15) is 37.8 Å². The summed E-state index contributed by atoms with van der Waals surface area (Å²) in [6.45, 7) is 8.17. The van der Waals surface area contributed by atoms with Gasteiger partial charge in [-0.05, 0) is 56.0 Å². The first-order valence-corrected chi connectivity index (χ1v) is 8.14. The number of benzene rings is 1. The van der Waals surface area contributed by atoms with Gasteiger partial charge in [-0.25, -0.2) is 0 Å². The quantitative estimate of drug-likeness (QED) is 0.425. The van der Waals surface area contributed by atoms with Crippen LogP contribution in [0, 0.1) is 0 Å². The van der Waals surface area contributed by atoms with E-state index in [4.69, 9.17) is 5.73 Å². The van der Waals surface area contributed by atoms with Gasteiger partial charge in [-0.3, -0.25) is 4.99 Å². The van der Waals surface area contributed by atoms with E-state index in [0.717, 1.165) is 38.3 Å². The van der Waals surface area contributed by atoms with Crippen LogP contribution < -0.4 is 11.1 Å². The molecule has 1 aliphatic rings. The Labute approximate surface area is 151 Å². The van der Waals surface area contributed by atoms with E-state index < -0.39 is 0 Å². The fourth-order valence-electron chi connectivity index (χ4n) is 2.93. The van der Waals surface area contributed by atoms with Gasteiger partial charge in [0.2, 0.25) is 0 Å². The second-order valence-corrected chi connectivity index (χ2v) is 5.57. The number of guanidine groups is 1. The predicted octanol–water partition coefficient (Wildman–Crippen LogP) is 3.25. The molecule has 0 atom stereocenters. The summed E-state index contributed by atoms with van der Waals surface area (Å²) in [4.78, 5) is 6.79. The summed E-state index contributed by atoms with van der Waals surface area (Å²) in [6.07, 6.45) is 4.89. The van der Waals surface area contributed by atoms with Crippen molar-refractivity contribution in [3.8, 4) is 0 Å². The Balaban J connectivity index is 0.00000242. The van der Waals surface area contributed by atoms with Crippen LogP contribution in [0.25, 0.3) is 0 Å². The van der Waals surface area contributed by atoms with Crippen molar-refractivity contribution in [3.05, 3.63) is 29.3 Å². The summed E-state index contributed by atoms with van der Waals surface area (Å²) in [5, 5.41) is 3.29. The molecule has 0 heterocycles. The predicted molar refractivity (Wildman–Crippen MR) is 106 cm³/mol. The summed E-state index contributed by atoms with van der Waals surface area (Å²) < 4.78 is 0. The highest BCUT2D eigenvalue weighted by atomic mass is 127. The molecular weight excluding hydrogens is 387 g/mol. The van der Waals surface area contributed by atoms with Crippen LogP contribution in [0.2, 0.25) is 0 Å². The summed E-state index contributed by atoms with van der Waals surface area (Å²) in [6, 6.07) is 6.44. The number of nitrogens with two attached hydrogens (primary N) is 1. The van der Waals surface area contributed by atoms with E-state index >= 15 is 0 Å². The van der Waals surface area contributed by atoms with E-state index in [9.17, 15) is 0 Å². The number of likely N-dealkylation sites (N-methyl/N-ethyl adjacent to an activating group) is 1. The molecule has 3 N–H and O–H groups in total. The standard InChI is InChI=1S/C17H28N4.HI/c1-3-21(4-2)13-12-19-17(18)20-16-11-7-9-14-8-5-6-10-15(14)16;/h7,9,11H,3-6,8,10,12-13H2,1-2H3,(H3,18,19,20);1H. The van der Waals surface area contributed by atoms with Crippen molar-refractivity contribution >= 4 is 35.6 Å². The lowest BCUT2D eigenvalue weighted by Gasteiger charge is -2.20. The molecule has 0 amide bonds. The minimum absolute atomic E-state index is 0. The molecule has 0 bridgehead atoms. The number of aryl methyl sites for hydroxylation is 1. The molecule has 124 valence electrons. The minimum atomic E-state index is 0. The molecule has 0 saturated carbocycles. The zero-order valence-electron chi connectivity index (χ0n) is 13.8. The number of hydrogen-bond donors (Lipinski definition) is 2. The smallest absolute Gasteiger partial charge is 0.193 e. The number of nitrogens with one attached hydrogen (secondary N) is 1. The van der Waals surface area contributed by atoms with Crippen molar-refractivity contribution in [1.82, 2.24) is 4.90 Å². The Morgan fingerprint density at radius 3 is 2.68 bits per heavy atom. The molecule has 0 fully saturated rings.